The van der Waals surface area contributed by atoms with Crippen LogP contribution in [0.25, 0.3) is 22.2 Å². The summed E-state index contributed by atoms with van der Waals surface area (Å²) in [5.74, 6) is 0.238. The van der Waals surface area contributed by atoms with E-state index in [1.165, 1.54) is 12.1 Å². The van der Waals surface area contributed by atoms with Crippen molar-refractivity contribution < 1.29 is 23.9 Å². The van der Waals surface area contributed by atoms with Crippen LogP contribution in [0.15, 0.2) is 71.3 Å². The summed E-state index contributed by atoms with van der Waals surface area (Å²) in [6, 6.07) is 19.3. The number of ether oxygens (including phenoxy) is 1. The summed E-state index contributed by atoms with van der Waals surface area (Å²) in [6.45, 7) is 0.415. The minimum atomic E-state index is -0.732. The van der Waals surface area contributed by atoms with Gasteiger partial charge in [0.25, 0.3) is 0 Å². The molecule has 1 aliphatic carbocycles. The maximum atomic E-state index is 13.3. The number of nitrogens with zero attached hydrogens (tertiary/aromatic N) is 1. The van der Waals surface area contributed by atoms with Crippen LogP contribution in [0.4, 0.5) is 4.39 Å². The molecule has 6 nitrogen and oxygen atoms in total. The minimum Gasteiger partial charge on any atom is -0.491 e. The Balaban J connectivity index is 1.17. The average molecular weight is 434 g/mol. The molecular formula is C25H23FN2O4. The SMILES string of the molecule is O[C@H](CNC1c2ccccc2C[C@@H]1O)COc1ccc(-c2noc3cc(F)ccc23)cc1. The molecule has 0 aliphatic heterocycles. The van der Waals surface area contributed by atoms with E-state index in [2.05, 4.69) is 10.5 Å². The van der Waals surface area contributed by atoms with Gasteiger partial charge < -0.3 is 24.8 Å². The molecule has 0 spiro atoms. The molecular weight excluding hydrogens is 411 g/mol. The number of rotatable bonds is 7. The number of nitrogens with one attached hydrogen (secondary N) is 1. The van der Waals surface area contributed by atoms with Crippen molar-refractivity contribution in [2.45, 2.75) is 24.7 Å². The maximum Gasteiger partial charge on any atom is 0.170 e. The van der Waals surface area contributed by atoms with E-state index in [4.69, 9.17) is 9.26 Å². The normalized spacial score (nSPS) is 18.6. The Morgan fingerprint density at radius 2 is 1.94 bits per heavy atom. The number of aliphatic hydroxyl groups excluding tert-OH is 2. The molecule has 5 rings (SSSR count). The van der Waals surface area contributed by atoms with Gasteiger partial charge in [0.05, 0.1) is 12.1 Å². The molecule has 3 aromatic carbocycles. The first-order chi connectivity index (χ1) is 15.6. The van der Waals surface area contributed by atoms with Gasteiger partial charge in [0, 0.05) is 30.0 Å². The van der Waals surface area contributed by atoms with Gasteiger partial charge in [-0.25, -0.2) is 4.39 Å². The lowest BCUT2D eigenvalue weighted by atomic mass is 10.1. The molecule has 0 bridgehead atoms. The fraction of sp³-hybridized carbons (Fsp3) is 0.240. The van der Waals surface area contributed by atoms with E-state index in [-0.39, 0.29) is 18.5 Å². The molecule has 164 valence electrons. The standard InChI is InChI=1S/C25H23FN2O4/c26-17-7-10-21-23(12-17)32-28-24(21)15-5-8-19(9-6-15)31-14-18(29)13-27-25-20-4-2-1-3-16(20)11-22(25)30/h1-10,12,18,22,25,27,29-30H,11,13-14H2/t18-,22+,25?/m1/s1. The van der Waals surface area contributed by atoms with Crippen LogP contribution in [-0.4, -0.2) is 40.7 Å². The molecule has 0 fully saturated rings. The van der Waals surface area contributed by atoms with Gasteiger partial charge >= 0.3 is 0 Å². The van der Waals surface area contributed by atoms with Crippen LogP contribution in [-0.2, 0) is 6.42 Å². The number of hydrogen-bond donors (Lipinski definition) is 3. The Morgan fingerprint density at radius 3 is 2.78 bits per heavy atom. The molecule has 0 saturated heterocycles. The molecule has 7 heteroatoms. The van der Waals surface area contributed by atoms with Crippen molar-refractivity contribution in [3.05, 3.63) is 83.7 Å². The Kier molecular flexibility index (Phi) is 5.61. The molecule has 0 radical (unpaired) electrons. The van der Waals surface area contributed by atoms with Crippen LogP contribution in [0.1, 0.15) is 17.2 Å². The van der Waals surface area contributed by atoms with Crippen molar-refractivity contribution in [1.82, 2.24) is 10.5 Å². The molecule has 1 aliphatic rings. The second kappa shape index (κ2) is 8.70. The van der Waals surface area contributed by atoms with Crippen LogP contribution >= 0.6 is 0 Å². The van der Waals surface area contributed by atoms with Gasteiger partial charge in [-0.3, -0.25) is 0 Å². The van der Waals surface area contributed by atoms with Crippen molar-refractivity contribution in [3.8, 4) is 17.0 Å². The lowest BCUT2D eigenvalue weighted by Crippen LogP contribution is -2.37. The predicted octanol–water partition coefficient (Wildman–Crippen LogP) is 3.62. The van der Waals surface area contributed by atoms with Crippen LogP contribution < -0.4 is 10.1 Å². The van der Waals surface area contributed by atoms with Crippen LogP contribution in [0, 0.1) is 5.82 Å². The van der Waals surface area contributed by atoms with E-state index in [1.807, 2.05) is 36.4 Å². The highest BCUT2D eigenvalue weighted by Crippen LogP contribution is 2.31. The third kappa shape index (κ3) is 4.10. The van der Waals surface area contributed by atoms with Gasteiger partial charge in [0.1, 0.15) is 30.0 Å². The lowest BCUT2D eigenvalue weighted by molar-refractivity contribution is 0.0890. The molecule has 1 heterocycles. The minimum absolute atomic E-state index is 0.114. The summed E-state index contributed by atoms with van der Waals surface area (Å²) in [4.78, 5) is 0. The second-order valence-electron chi connectivity index (χ2n) is 8.02. The number of hydrogen-bond acceptors (Lipinski definition) is 6. The van der Waals surface area contributed by atoms with Gasteiger partial charge in [0.2, 0.25) is 0 Å². The zero-order chi connectivity index (χ0) is 22.1. The van der Waals surface area contributed by atoms with Gasteiger partial charge in [-0.2, -0.15) is 0 Å². The zero-order valence-corrected chi connectivity index (χ0v) is 17.2. The van der Waals surface area contributed by atoms with E-state index < -0.39 is 12.2 Å². The quantitative estimate of drug-likeness (QED) is 0.412. The number of benzene rings is 3. The molecule has 1 unspecified atom stereocenters. The van der Waals surface area contributed by atoms with Crippen molar-refractivity contribution in [2.24, 2.45) is 0 Å². The van der Waals surface area contributed by atoms with Crippen molar-refractivity contribution in [1.29, 1.82) is 0 Å². The monoisotopic (exact) mass is 434 g/mol. The topological polar surface area (TPSA) is 87.8 Å². The van der Waals surface area contributed by atoms with Crippen molar-refractivity contribution >= 4 is 11.0 Å². The Labute approximate surface area is 184 Å². The smallest absolute Gasteiger partial charge is 0.170 e. The molecule has 32 heavy (non-hydrogen) atoms. The molecule has 1 aromatic heterocycles. The highest BCUT2D eigenvalue weighted by molar-refractivity contribution is 5.91. The fourth-order valence-corrected chi connectivity index (χ4v) is 4.16. The first kappa shape index (κ1) is 20.6. The van der Waals surface area contributed by atoms with Gasteiger partial charge in [-0.05, 0) is 47.5 Å². The first-order valence-electron chi connectivity index (χ1n) is 10.5. The van der Waals surface area contributed by atoms with Crippen LogP contribution in [0.3, 0.4) is 0 Å². The zero-order valence-electron chi connectivity index (χ0n) is 17.2. The summed E-state index contributed by atoms with van der Waals surface area (Å²) in [5, 5.41) is 28.7. The summed E-state index contributed by atoms with van der Waals surface area (Å²) in [7, 11) is 0. The number of aromatic nitrogens is 1. The van der Waals surface area contributed by atoms with E-state index in [1.54, 1.807) is 18.2 Å². The Bertz CT molecular complexity index is 1220. The summed E-state index contributed by atoms with van der Waals surface area (Å²) in [5.41, 5.74) is 4.05. The maximum absolute atomic E-state index is 13.3. The van der Waals surface area contributed by atoms with Crippen molar-refractivity contribution in [2.75, 3.05) is 13.2 Å². The second-order valence-corrected chi connectivity index (χ2v) is 8.02. The first-order valence-corrected chi connectivity index (χ1v) is 10.5. The van der Waals surface area contributed by atoms with E-state index in [9.17, 15) is 14.6 Å². The third-order valence-electron chi connectivity index (χ3n) is 5.78. The highest BCUT2D eigenvalue weighted by Gasteiger charge is 2.30. The lowest BCUT2D eigenvalue weighted by Gasteiger charge is -2.20. The van der Waals surface area contributed by atoms with Crippen LogP contribution in [0.5, 0.6) is 5.75 Å². The van der Waals surface area contributed by atoms with Gasteiger partial charge in [0.15, 0.2) is 5.58 Å². The van der Waals surface area contributed by atoms with E-state index >= 15 is 0 Å². The number of fused-ring (bicyclic) bond motifs is 2. The van der Waals surface area contributed by atoms with E-state index in [0.717, 1.165) is 22.1 Å². The van der Waals surface area contributed by atoms with Gasteiger partial charge in [-0.15, -0.1) is 0 Å². The molecule has 0 amide bonds. The molecule has 3 N–H and O–H groups in total. The van der Waals surface area contributed by atoms with Crippen molar-refractivity contribution in [3.63, 3.8) is 0 Å². The third-order valence-corrected chi connectivity index (χ3v) is 5.78. The number of aliphatic hydroxyl groups is 2. The molecule has 0 saturated carbocycles. The fourth-order valence-electron chi connectivity index (χ4n) is 4.16. The average Bonchev–Trinajstić information content (AvgIpc) is 3.36. The van der Waals surface area contributed by atoms with Crippen LogP contribution in [0.2, 0.25) is 0 Å². The van der Waals surface area contributed by atoms with E-state index in [0.29, 0.717) is 30.0 Å². The molecule has 4 aromatic rings. The summed E-state index contributed by atoms with van der Waals surface area (Å²) >= 11 is 0. The Hall–Kier alpha value is -3.26. The molecule has 3 atom stereocenters. The Morgan fingerprint density at radius 1 is 1.12 bits per heavy atom. The highest BCUT2D eigenvalue weighted by atomic mass is 19.1. The van der Waals surface area contributed by atoms with Gasteiger partial charge in [-0.1, -0.05) is 29.4 Å². The summed E-state index contributed by atoms with van der Waals surface area (Å²) < 4.78 is 24.3. The summed E-state index contributed by atoms with van der Waals surface area (Å²) in [6.07, 6.45) is -0.621. The predicted molar refractivity (Wildman–Crippen MR) is 118 cm³/mol. The number of halogens is 1. The largest absolute Gasteiger partial charge is 0.491 e.